The molecular weight excluding hydrogens is 328 g/mol. The molecule has 0 aliphatic carbocycles. The molecule has 1 aliphatic heterocycles. The van der Waals surface area contributed by atoms with Crippen molar-refractivity contribution in [3.8, 4) is 0 Å². The third kappa shape index (κ3) is 4.04. The van der Waals surface area contributed by atoms with Crippen LogP contribution >= 0.6 is 0 Å². The number of aromatic nitrogens is 2. The van der Waals surface area contributed by atoms with Crippen LogP contribution in [0.3, 0.4) is 0 Å². The van der Waals surface area contributed by atoms with Crippen molar-refractivity contribution in [1.82, 2.24) is 14.7 Å². The molecule has 0 aromatic carbocycles. The highest BCUT2D eigenvalue weighted by Crippen LogP contribution is 2.33. The van der Waals surface area contributed by atoms with Gasteiger partial charge in [0.1, 0.15) is 11.4 Å². The number of morpholine rings is 1. The minimum Gasteiger partial charge on any atom is -0.464 e. The number of rotatable bonds is 3. The third-order valence-electron chi connectivity index (χ3n) is 3.80. The number of carbonyl (C=O) groups is 2. The van der Waals surface area contributed by atoms with Gasteiger partial charge in [-0.2, -0.15) is 5.10 Å². The Morgan fingerprint density at radius 2 is 2.08 bits per heavy atom. The highest BCUT2D eigenvalue weighted by atomic mass is 16.6. The van der Waals surface area contributed by atoms with Gasteiger partial charge in [0.2, 0.25) is 0 Å². The smallest absolute Gasteiger partial charge is 0.410 e. The van der Waals surface area contributed by atoms with Crippen molar-refractivity contribution in [2.24, 2.45) is 0 Å². The Morgan fingerprint density at radius 1 is 1.40 bits per heavy atom. The first-order valence-electron chi connectivity index (χ1n) is 8.21. The second-order valence-corrected chi connectivity index (χ2v) is 6.72. The van der Waals surface area contributed by atoms with Gasteiger partial charge in [0.05, 0.1) is 31.9 Å². The maximum atomic E-state index is 12.6. The lowest BCUT2D eigenvalue weighted by molar-refractivity contribution is -0.0332. The molecule has 1 aromatic heterocycles. The third-order valence-corrected chi connectivity index (χ3v) is 3.80. The Bertz CT molecular complexity index is 650. The minimum absolute atomic E-state index is 0.0888. The van der Waals surface area contributed by atoms with Gasteiger partial charge in [-0.1, -0.05) is 0 Å². The summed E-state index contributed by atoms with van der Waals surface area (Å²) in [6, 6.07) is -0.571. The Balaban J connectivity index is 2.44. The summed E-state index contributed by atoms with van der Waals surface area (Å²) in [5.41, 5.74) is 6.07. The topological polar surface area (TPSA) is 109 Å². The van der Waals surface area contributed by atoms with Crippen molar-refractivity contribution in [3.63, 3.8) is 0 Å². The van der Waals surface area contributed by atoms with Gasteiger partial charge in [-0.15, -0.1) is 0 Å². The molecule has 2 rings (SSSR count). The van der Waals surface area contributed by atoms with Gasteiger partial charge in [-0.05, 0) is 27.7 Å². The quantitative estimate of drug-likeness (QED) is 0.821. The summed E-state index contributed by atoms with van der Waals surface area (Å²) in [6.45, 7) is 8.63. The lowest BCUT2D eigenvalue weighted by Gasteiger charge is -2.36. The van der Waals surface area contributed by atoms with Gasteiger partial charge in [0.25, 0.3) is 0 Å². The number of nitrogens with zero attached hydrogens (tertiary/aromatic N) is 3. The van der Waals surface area contributed by atoms with Crippen LogP contribution < -0.4 is 5.73 Å². The van der Waals surface area contributed by atoms with Crippen LogP contribution in [0.1, 0.15) is 49.8 Å². The molecule has 1 atom stereocenters. The molecule has 9 nitrogen and oxygen atoms in total. The van der Waals surface area contributed by atoms with Crippen LogP contribution in [0.5, 0.6) is 0 Å². The molecule has 1 amide bonds. The SMILES string of the molecule is CCn1nc(C(=O)OC)c(C2COCCN2C(=O)OC(C)(C)C)c1N. The fourth-order valence-corrected chi connectivity index (χ4v) is 2.69. The van der Waals surface area contributed by atoms with Gasteiger partial charge in [0.15, 0.2) is 5.69 Å². The van der Waals surface area contributed by atoms with E-state index in [1.807, 2.05) is 6.92 Å². The van der Waals surface area contributed by atoms with Crippen molar-refractivity contribution < 1.29 is 23.8 Å². The Kier molecular flexibility index (Phi) is 5.56. The molecule has 140 valence electrons. The predicted molar refractivity (Wildman–Crippen MR) is 90.2 cm³/mol. The zero-order valence-electron chi connectivity index (χ0n) is 15.4. The van der Waals surface area contributed by atoms with Crippen LogP contribution in [0, 0.1) is 0 Å². The lowest BCUT2D eigenvalue weighted by atomic mass is 10.0. The second-order valence-electron chi connectivity index (χ2n) is 6.72. The zero-order valence-corrected chi connectivity index (χ0v) is 15.4. The van der Waals surface area contributed by atoms with Crippen LogP contribution in [0.4, 0.5) is 10.6 Å². The van der Waals surface area contributed by atoms with E-state index in [9.17, 15) is 9.59 Å². The normalized spacial score (nSPS) is 18.1. The van der Waals surface area contributed by atoms with E-state index < -0.39 is 23.7 Å². The number of aryl methyl sites for hydroxylation is 1. The fourth-order valence-electron chi connectivity index (χ4n) is 2.69. The summed E-state index contributed by atoms with van der Waals surface area (Å²) >= 11 is 0. The number of esters is 1. The summed E-state index contributed by atoms with van der Waals surface area (Å²) < 4.78 is 17.3. The lowest BCUT2D eigenvalue weighted by Crippen LogP contribution is -2.46. The molecule has 1 aliphatic rings. The van der Waals surface area contributed by atoms with E-state index in [-0.39, 0.29) is 12.3 Å². The van der Waals surface area contributed by atoms with E-state index in [2.05, 4.69) is 5.10 Å². The van der Waals surface area contributed by atoms with Crippen LogP contribution in [0.25, 0.3) is 0 Å². The monoisotopic (exact) mass is 354 g/mol. The fraction of sp³-hybridized carbons (Fsp3) is 0.688. The van der Waals surface area contributed by atoms with E-state index in [1.54, 1.807) is 20.8 Å². The molecule has 1 unspecified atom stereocenters. The largest absolute Gasteiger partial charge is 0.464 e. The number of carbonyl (C=O) groups excluding carboxylic acids is 2. The highest BCUT2D eigenvalue weighted by molar-refractivity contribution is 5.91. The number of nitrogens with two attached hydrogens (primary N) is 1. The number of methoxy groups -OCH3 is 1. The maximum Gasteiger partial charge on any atom is 0.410 e. The molecule has 9 heteroatoms. The van der Waals surface area contributed by atoms with Crippen molar-refractivity contribution in [1.29, 1.82) is 0 Å². The van der Waals surface area contributed by atoms with Crippen LogP contribution in [-0.4, -0.2) is 59.2 Å². The number of hydrogen-bond acceptors (Lipinski definition) is 7. The minimum atomic E-state index is -0.635. The van der Waals surface area contributed by atoms with Crippen molar-refractivity contribution in [2.75, 3.05) is 32.6 Å². The average molecular weight is 354 g/mol. The highest BCUT2D eigenvalue weighted by Gasteiger charge is 2.38. The number of nitrogen functional groups attached to an aromatic ring is 1. The van der Waals surface area contributed by atoms with E-state index >= 15 is 0 Å². The standard InChI is InChI=1S/C16H26N4O5/c1-6-20-13(17)11(12(18-20)14(21)23-5)10-9-24-8-7-19(10)15(22)25-16(2,3)4/h10H,6-9,17H2,1-5H3. The van der Waals surface area contributed by atoms with Gasteiger partial charge in [-0.25, -0.2) is 14.3 Å². The number of anilines is 1. The molecule has 25 heavy (non-hydrogen) atoms. The molecule has 0 radical (unpaired) electrons. The average Bonchev–Trinajstić information content (AvgIpc) is 2.89. The molecule has 0 bridgehead atoms. The first kappa shape index (κ1) is 19.0. The first-order chi connectivity index (χ1) is 11.7. The van der Waals surface area contributed by atoms with E-state index in [4.69, 9.17) is 19.9 Å². The van der Waals surface area contributed by atoms with Crippen LogP contribution in [-0.2, 0) is 20.8 Å². The van der Waals surface area contributed by atoms with Gasteiger partial charge < -0.3 is 19.9 Å². The van der Waals surface area contributed by atoms with Gasteiger partial charge >= 0.3 is 12.1 Å². The summed E-state index contributed by atoms with van der Waals surface area (Å²) in [5.74, 6) is -0.296. The summed E-state index contributed by atoms with van der Waals surface area (Å²) in [4.78, 5) is 26.3. The second kappa shape index (κ2) is 7.30. The van der Waals surface area contributed by atoms with Crippen molar-refractivity contribution in [3.05, 3.63) is 11.3 Å². The molecule has 2 heterocycles. The molecule has 0 spiro atoms. The molecule has 1 aromatic rings. The Morgan fingerprint density at radius 3 is 2.64 bits per heavy atom. The number of amides is 1. The maximum absolute atomic E-state index is 12.6. The summed E-state index contributed by atoms with van der Waals surface area (Å²) in [6.07, 6.45) is -0.486. The van der Waals surface area contributed by atoms with Gasteiger partial charge in [0, 0.05) is 13.1 Å². The molecule has 1 fully saturated rings. The van der Waals surface area contributed by atoms with Gasteiger partial charge in [-0.3, -0.25) is 4.90 Å². The molecular formula is C16H26N4O5. The molecule has 2 N–H and O–H groups in total. The zero-order chi connectivity index (χ0) is 18.8. The number of hydrogen-bond donors (Lipinski definition) is 1. The van der Waals surface area contributed by atoms with E-state index in [0.717, 1.165) is 0 Å². The molecule has 0 saturated carbocycles. The van der Waals surface area contributed by atoms with Crippen LogP contribution in [0.15, 0.2) is 0 Å². The van der Waals surface area contributed by atoms with E-state index in [1.165, 1.54) is 16.7 Å². The molecule has 1 saturated heterocycles. The Hall–Kier alpha value is -2.29. The van der Waals surface area contributed by atoms with Crippen LogP contribution in [0.2, 0.25) is 0 Å². The summed E-state index contributed by atoms with van der Waals surface area (Å²) in [7, 11) is 1.27. The van der Waals surface area contributed by atoms with Crippen molar-refractivity contribution >= 4 is 17.9 Å². The van der Waals surface area contributed by atoms with Crippen molar-refractivity contribution in [2.45, 2.75) is 45.9 Å². The number of ether oxygens (including phenoxy) is 3. The predicted octanol–water partition coefficient (Wildman–Crippen LogP) is 1.58. The summed E-state index contributed by atoms with van der Waals surface area (Å²) in [5, 5.41) is 4.23. The first-order valence-corrected chi connectivity index (χ1v) is 8.21. The Labute approximate surface area is 147 Å². The van der Waals surface area contributed by atoms with E-state index in [0.29, 0.717) is 31.1 Å².